The van der Waals surface area contributed by atoms with Crippen molar-refractivity contribution in [2.45, 2.75) is 71.0 Å². The number of unbranched alkanes of at least 4 members (excludes halogenated alkanes) is 1. The number of rotatable bonds is 8. The molecule has 122 valence electrons. The number of carbonyl (C=O) groups is 1. The molecule has 0 spiro atoms. The van der Waals surface area contributed by atoms with Gasteiger partial charge in [0.25, 0.3) is 0 Å². The Morgan fingerprint density at radius 1 is 1.29 bits per heavy atom. The molecule has 1 heterocycles. The summed E-state index contributed by atoms with van der Waals surface area (Å²) in [5.74, 6) is 2.14. The highest BCUT2D eigenvalue weighted by atomic mass is 32.2. The number of amides is 1. The maximum Gasteiger partial charge on any atom is 0.241 e. The quantitative estimate of drug-likeness (QED) is 0.747. The zero-order valence-electron chi connectivity index (χ0n) is 13.5. The average Bonchev–Trinajstić information content (AvgIpc) is 3.11. The Balaban J connectivity index is 2.00. The van der Waals surface area contributed by atoms with E-state index in [1.54, 1.807) is 0 Å². The van der Waals surface area contributed by atoms with Crippen LogP contribution in [0.15, 0.2) is 0 Å². The molecule has 1 saturated carbocycles. The van der Waals surface area contributed by atoms with Gasteiger partial charge in [0, 0.05) is 28.9 Å². The van der Waals surface area contributed by atoms with Crippen molar-refractivity contribution in [2.75, 3.05) is 18.1 Å². The number of carbonyl (C=O) groups excluding carboxylic acids is 1. The van der Waals surface area contributed by atoms with Crippen LogP contribution in [0.1, 0.15) is 58.8 Å². The monoisotopic (exact) mass is 314 g/mol. The lowest BCUT2D eigenvalue weighted by Crippen LogP contribution is -2.44. The molecule has 2 aliphatic rings. The smallest absolute Gasteiger partial charge is 0.241 e. The van der Waals surface area contributed by atoms with Gasteiger partial charge in [0.15, 0.2) is 0 Å². The zero-order chi connectivity index (χ0) is 15.2. The predicted molar refractivity (Wildman–Crippen MR) is 87.5 cm³/mol. The highest BCUT2D eigenvalue weighted by molar-refractivity contribution is 7.84. The SMILES string of the molecule is CCCCC1NC(C2CCCC2)N(CCS(=O)CC)C1=O. The molecule has 2 fully saturated rings. The summed E-state index contributed by atoms with van der Waals surface area (Å²) in [7, 11) is -0.793. The lowest BCUT2D eigenvalue weighted by atomic mass is 10.0. The van der Waals surface area contributed by atoms with Gasteiger partial charge in [-0.05, 0) is 25.2 Å². The van der Waals surface area contributed by atoms with Crippen molar-refractivity contribution in [2.24, 2.45) is 5.92 Å². The second-order valence-electron chi connectivity index (χ2n) is 6.32. The number of nitrogens with zero attached hydrogens (tertiary/aromatic N) is 1. The zero-order valence-corrected chi connectivity index (χ0v) is 14.3. The molecule has 21 heavy (non-hydrogen) atoms. The van der Waals surface area contributed by atoms with Gasteiger partial charge in [0.1, 0.15) is 0 Å². The van der Waals surface area contributed by atoms with E-state index in [0.717, 1.165) is 19.3 Å². The third-order valence-electron chi connectivity index (χ3n) is 4.86. The van der Waals surface area contributed by atoms with Crippen LogP contribution in [0.3, 0.4) is 0 Å². The molecule has 5 heteroatoms. The van der Waals surface area contributed by atoms with Gasteiger partial charge < -0.3 is 4.90 Å². The van der Waals surface area contributed by atoms with Crippen molar-refractivity contribution < 1.29 is 9.00 Å². The van der Waals surface area contributed by atoms with E-state index in [9.17, 15) is 9.00 Å². The Labute approximate surface area is 131 Å². The summed E-state index contributed by atoms with van der Waals surface area (Å²) in [6.45, 7) is 4.75. The number of hydrogen-bond donors (Lipinski definition) is 1. The van der Waals surface area contributed by atoms with Gasteiger partial charge in [0.05, 0.1) is 12.2 Å². The predicted octanol–water partition coefficient (Wildman–Crippen LogP) is 2.26. The van der Waals surface area contributed by atoms with E-state index < -0.39 is 10.8 Å². The molecular weight excluding hydrogens is 284 g/mol. The lowest BCUT2D eigenvalue weighted by molar-refractivity contribution is -0.130. The van der Waals surface area contributed by atoms with Crippen molar-refractivity contribution in [3.63, 3.8) is 0 Å². The van der Waals surface area contributed by atoms with Gasteiger partial charge in [-0.1, -0.05) is 39.5 Å². The van der Waals surface area contributed by atoms with Crippen LogP contribution in [0.25, 0.3) is 0 Å². The summed E-state index contributed by atoms with van der Waals surface area (Å²) in [4.78, 5) is 14.6. The van der Waals surface area contributed by atoms with Crippen LogP contribution in [0.2, 0.25) is 0 Å². The van der Waals surface area contributed by atoms with Crippen LogP contribution in [-0.2, 0) is 15.6 Å². The van der Waals surface area contributed by atoms with Crippen molar-refractivity contribution >= 4 is 16.7 Å². The summed E-state index contributed by atoms with van der Waals surface area (Å²) in [6.07, 6.45) is 8.35. The first-order chi connectivity index (χ1) is 10.2. The highest BCUT2D eigenvalue weighted by Gasteiger charge is 2.42. The normalized spacial score (nSPS) is 28.5. The third kappa shape index (κ3) is 4.28. The maximum atomic E-state index is 12.6. The van der Waals surface area contributed by atoms with Crippen LogP contribution in [0.4, 0.5) is 0 Å². The van der Waals surface area contributed by atoms with Gasteiger partial charge in [-0.15, -0.1) is 0 Å². The molecule has 0 radical (unpaired) electrons. The fourth-order valence-electron chi connectivity index (χ4n) is 3.58. The van der Waals surface area contributed by atoms with Crippen molar-refractivity contribution in [1.82, 2.24) is 10.2 Å². The molecule has 4 nitrogen and oxygen atoms in total. The number of hydrogen-bond acceptors (Lipinski definition) is 3. The molecule has 3 atom stereocenters. The first-order valence-electron chi connectivity index (χ1n) is 8.58. The van der Waals surface area contributed by atoms with Crippen LogP contribution in [0, 0.1) is 5.92 Å². The summed E-state index contributed by atoms with van der Waals surface area (Å²) in [6, 6.07) is -0.00869. The van der Waals surface area contributed by atoms with E-state index in [4.69, 9.17) is 0 Å². The second-order valence-corrected chi connectivity index (χ2v) is 8.18. The fourth-order valence-corrected chi connectivity index (χ4v) is 4.27. The van der Waals surface area contributed by atoms with Crippen molar-refractivity contribution in [3.8, 4) is 0 Å². The van der Waals surface area contributed by atoms with Crippen molar-refractivity contribution in [3.05, 3.63) is 0 Å². The van der Waals surface area contributed by atoms with Crippen LogP contribution < -0.4 is 5.32 Å². The summed E-state index contributed by atoms with van der Waals surface area (Å²) < 4.78 is 11.7. The third-order valence-corrected chi connectivity index (χ3v) is 6.15. The summed E-state index contributed by atoms with van der Waals surface area (Å²) in [5, 5.41) is 3.59. The molecule has 0 aromatic heterocycles. The molecule has 0 bridgehead atoms. The first-order valence-corrected chi connectivity index (χ1v) is 10.1. The van der Waals surface area contributed by atoms with E-state index in [0.29, 0.717) is 24.0 Å². The molecule has 1 N–H and O–H groups in total. The molecule has 1 amide bonds. The Morgan fingerprint density at radius 2 is 2.00 bits per heavy atom. The van der Waals surface area contributed by atoms with Crippen molar-refractivity contribution in [1.29, 1.82) is 0 Å². The summed E-state index contributed by atoms with van der Waals surface area (Å²) >= 11 is 0. The molecule has 2 rings (SSSR count). The van der Waals surface area contributed by atoms with Crippen LogP contribution >= 0.6 is 0 Å². The van der Waals surface area contributed by atoms with Gasteiger partial charge in [-0.3, -0.25) is 14.3 Å². The molecule has 1 aliphatic heterocycles. The van der Waals surface area contributed by atoms with E-state index in [2.05, 4.69) is 12.2 Å². The Morgan fingerprint density at radius 3 is 2.62 bits per heavy atom. The van der Waals surface area contributed by atoms with Crippen LogP contribution in [0.5, 0.6) is 0 Å². The second kappa shape index (κ2) is 8.28. The van der Waals surface area contributed by atoms with E-state index in [1.165, 1.54) is 25.7 Å². The average molecular weight is 314 g/mol. The van der Waals surface area contributed by atoms with Crippen LogP contribution in [-0.4, -0.2) is 45.3 Å². The molecular formula is C16H30N2O2S. The number of nitrogens with one attached hydrogen (secondary N) is 1. The fraction of sp³-hybridized carbons (Fsp3) is 0.938. The van der Waals surface area contributed by atoms with Gasteiger partial charge in [0.2, 0.25) is 5.91 Å². The molecule has 1 saturated heterocycles. The van der Waals surface area contributed by atoms with Gasteiger partial charge in [-0.2, -0.15) is 0 Å². The molecule has 0 aromatic carbocycles. The Bertz CT molecular complexity index is 369. The van der Waals surface area contributed by atoms with E-state index in [1.807, 2.05) is 11.8 Å². The lowest BCUT2D eigenvalue weighted by Gasteiger charge is -2.28. The molecule has 0 aromatic rings. The standard InChI is InChI=1S/C16H30N2O2S/c1-3-5-10-14-16(19)18(11-12-21(20)4-2)15(17-14)13-8-6-7-9-13/h13-15,17H,3-12H2,1-2H3. The minimum absolute atomic E-state index is 0.00869. The Kier molecular flexibility index (Phi) is 6.68. The largest absolute Gasteiger partial charge is 0.325 e. The topological polar surface area (TPSA) is 49.4 Å². The Hall–Kier alpha value is -0.420. The van der Waals surface area contributed by atoms with Gasteiger partial charge >= 0.3 is 0 Å². The van der Waals surface area contributed by atoms with E-state index in [-0.39, 0.29) is 18.1 Å². The van der Waals surface area contributed by atoms with E-state index >= 15 is 0 Å². The molecule has 3 unspecified atom stereocenters. The van der Waals surface area contributed by atoms with Gasteiger partial charge in [-0.25, -0.2) is 0 Å². The minimum Gasteiger partial charge on any atom is -0.325 e. The summed E-state index contributed by atoms with van der Waals surface area (Å²) in [5.41, 5.74) is 0. The maximum absolute atomic E-state index is 12.6. The minimum atomic E-state index is -0.793. The molecule has 1 aliphatic carbocycles. The first kappa shape index (κ1) is 16.9. The highest BCUT2D eigenvalue weighted by Crippen LogP contribution is 2.32.